The van der Waals surface area contributed by atoms with Crippen LogP contribution in [0.15, 0.2) is 18.2 Å². The second-order valence-corrected chi connectivity index (χ2v) is 5.95. The Morgan fingerprint density at radius 1 is 1.30 bits per heavy atom. The van der Waals surface area contributed by atoms with E-state index < -0.39 is 5.97 Å². The first-order valence-electron chi connectivity index (χ1n) is 6.08. The molecule has 1 saturated heterocycles. The highest BCUT2D eigenvalue weighted by molar-refractivity contribution is 7.22. The van der Waals surface area contributed by atoms with Gasteiger partial charge in [-0.15, -0.1) is 0 Å². The molecule has 0 bridgehead atoms. The quantitative estimate of drug-likeness (QED) is 0.846. The molecule has 0 radical (unpaired) electrons. The molecule has 4 rings (SSSR count). The maximum Gasteiger partial charge on any atom is 0.335 e. The van der Waals surface area contributed by atoms with E-state index in [2.05, 4.69) is 4.98 Å². The van der Waals surface area contributed by atoms with Crippen molar-refractivity contribution in [2.24, 2.45) is 11.8 Å². The van der Waals surface area contributed by atoms with Crippen LogP contribution in [-0.2, 0) is 9.59 Å². The zero-order valence-corrected chi connectivity index (χ0v) is 10.9. The Morgan fingerprint density at radius 3 is 2.65 bits per heavy atom. The van der Waals surface area contributed by atoms with E-state index in [1.807, 2.05) is 0 Å². The Morgan fingerprint density at radius 2 is 2.00 bits per heavy atom. The van der Waals surface area contributed by atoms with E-state index >= 15 is 0 Å². The highest BCUT2D eigenvalue weighted by Crippen LogP contribution is 2.49. The number of rotatable bonds is 2. The van der Waals surface area contributed by atoms with Gasteiger partial charge in [-0.25, -0.2) is 14.7 Å². The SMILES string of the molecule is O=C(O)c1ccc2nc(N3C(=O)C4CC4C3=O)sc2c1. The minimum atomic E-state index is -1.02. The molecule has 1 aromatic heterocycles. The van der Waals surface area contributed by atoms with Crippen LogP contribution in [0.2, 0.25) is 0 Å². The molecule has 0 spiro atoms. The summed E-state index contributed by atoms with van der Waals surface area (Å²) in [6.45, 7) is 0. The summed E-state index contributed by atoms with van der Waals surface area (Å²) in [7, 11) is 0. The number of carboxylic acids is 1. The number of thiazole rings is 1. The first kappa shape index (κ1) is 11.5. The van der Waals surface area contributed by atoms with Crippen molar-refractivity contribution in [2.75, 3.05) is 4.90 Å². The molecule has 2 unspecified atom stereocenters. The summed E-state index contributed by atoms with van der Waals surface area (Å²) < 4.78 is 0.654. The number of piperidine rings is 1. The van der Waals surface area contributed by atoms with E-state index in [4.69, 9.17) is 5.11 Å². The fraction of sp³-hybridized carbons (Fsp3) is 0.231. The van der Waals surface area contributed by atoms with Crippen molar-refractivity contribution in [1.82, 2.24) is 4.98 Å². The van der Waals surface area contributed by atoms with Gasteiger partial charge in [-0.3, -0.25) is 9.59 Å². The van der Waals surface area contributed by atoms with Crippen molar-refractivity contribution < 1.29 is 19.5 Å². The molecule has 6 nitrogen and oxygen atoms in total. The van der Waals surface area contributed by atoms with Crippen molar-refractivity contribution in [3.05, 3.63) is 23.8 Å². The molecule has 1 aromatic carbocycles. The van der Waals surface area contributed by atoms with Crippen molar-refractivity contribution in [3.63, 3.8) is 0 Å². The summed E-state index contributed by atoms with van der Waals surface area (Å²) in [4.78, 5) is 40.3. The molecule has 100 valence electrons. The number of amides is 2. The highest BCUT2D eigenvalue weighted by Gasteiger charge is 2.60. The van der Waals surface area contributed by atoms with Gasteiger partial charge in [0.2, 0.25) is 11.8 Å². The molecule has 2 aromatic rings. The van der Waals surface area contributed by atoms with Gasteiger partial charge >= 0.3 is 5.97 Å². The van der Waals surface area contributed by atoms with Crippen LogP contribution >= 0.6 is 11.3 Å². The molecule has 2 amide bonds. The normalized spacial score (nSPS) is 24.3. The van der Waals surface area contributed by atoms with E-state index in [0.29, 0.717) is 21.8 Å². The van der Waals surface area contributed by atoms with Gasteiger partial charge in [0.05, 0.1) is 27.6 Å². The molecule has 7 heteroatoms. The van der Waals surface area contributed by atoms with E-state index in [1.165, 1.54) is 23.5 Å². The molecule has 20 heavy (non-hydrogen) atoms. The lowest BCUT2D eigenvalue weighted by atomic mass is 10.2. The Labute approximate surface area is 116 Å². The van der Waals surface area contributed by atoms with Crippen LogP contribution in [0, 0.1) is 11.8 Å². The summed E-state index contributed by atoms with van der Waals surface area (Å²) in [6, 6.07) is 4.55. The number of benzene rings is 1. The van der Waals surface area contributed by atoms with Crippen LogP contribution in [0.1, 0.15) is 16.8 Å². The van der Waals surface area contributed by atoms with Crippen LogP contribution in [0.5, 0.6) is 0 Å². The Balaban J connectivity index is 1.79. The monoisotopic (exact) mass is 288 g/mol. The number of fused-ring (bicyclic) bond motifs is 2. The number of aromatic carboxylic acids is 1. The standard InChI is InChI=1S/C13H8N2O4S/c16-10-6-4-7(6)11(17)15(10)13-14-8-2-1-5(12(18)19)3-9(8)20-13/h1-3,6-7H,4H2,(H,18,19). The number of anilines is 1. The smallest absolute Gasteiger partial charge is 0.335 e. The number of carbonyl (C=O) groups excluding carboxylic acids is 2. The molecule has 1 N–H and O–H groups in total. The van der Waals surface area contributed by atoms with E-state index in [0.717, 1.165) is 4.90 Å². The molecule has 2 heterocycles. The van der Waals surface area contributed by atoms with E-state index in [1.54, 1.807) is 6.07 Å². The molecule has 2 fully saturated rings. The number of nitrogens with zero attached hydrogens (tertiary/aromatic N) is 2. The first-order chi connectivity index (χ1) is 9.56. The largest absolute Gasteiger partial charge is 0.478 e. The fourth-order valence-corrected chi connectivity index (χ4v) is 3.53. The molecule has 1 saturated carbocycles. The van der Waals surface area contributed by atoms with Gasteiger partial charge in [0.1, 0.15) is 0 Å². The van der Waals surface area contributed by atoms with Gasteiger partial charge in [0.15, 0.2) is 5.13 Å². The second kappa shape index (κ2) is 3.63. The number of imide groups is 1. The number of aromatic nitrogens is 1. The Bertz CT molecular complexity index is 777. The van der Waals surface area contributed by atoms with Gasteiger partial charge in [-0.2, -0.15) is 0 Å². The zero-order chi connectivity index (χ0) is 14.0. The summed E-state index contributed by atoms with van der Waals surface area (Å²) in [5.74, 6) is -1.71. The van der Waals surface area contributed by atoms with Gasteiger partial charge in [-0.1, -0.05) is 11.3 Å². The fourth-order valence-electron chi connectivity index (χ4n) is 2.51. The summed E-state index contributed by atoms with van der Waals surface area (Å²) >= 11 is 1.17. The van der Waals surface area contributed by atoms with E-state index in [9.17, 15) is 14.4 Å². The topological polar surface area (TPSA) is 87.6 Å². The van der Waals surface area contributed by atoms with Crippen LogP contribution in [0.25, 0.3) is 10.2 Å². The van der Waals surface area contributed by atoms with Crippen molar-refractivity contribution in [2.45, 2.75) is 6.42 Å². The number of hydrogen-bond acceptors (Lipinski definition) is 5. The Kier molecular flexibility index (Phi) is 2.10. The van der Waals surface area contributed by atoms with Crippen LogP contribution < -0.4 is 4.90 Å². The predicted molar refractivity (Wildman–Crippen MR) is 70.7 cm³/mol. The van der Waals surface area contributed by atoms with Crippen molar-refractivity contribution in [3.8, 4) is 0 Å². The molecule has 2 aliphatic rings. The van der Waals surface area contributed by atoms with Gasteiger partial charge in [0.25, 0.3) is 0 Å². The van der Waals surface area contributed by atoms with Crippen LogP contribution in [-0.4, -0.2) is 27.9 Å². The lowest BCUT2D eigenvalue weighted by Crippen LogP contribution is -2.32. The predicted octanol–water partition coefficient (Wildman–Crippen LogP) is 1.50. The van der Waals surface area contributed by atoms with Gasteiger partial charge < -0.3 is 5.11 Å². The maximum atomic E-state index is 12.0. The summed E-state index contributed by atoms with van der Waals surface area (Å²) in [5, 5.41) is 9.29. The van der Waals surface area contributed by atoms with Crippen LogP contribution in [0.4, 0.5) is 5.13 Å². The third kappa shape index (κ3) is 1.44. The number of hydrogen-bond donors (Lipinski definition) is 1. The van der Waals surface area contributed by atoms with Crippen molar-refractivity contribution >= 4 is 44.5 Å². The molecule has 2 atom stereocenters. The zero-order valence-electron chi connectivity index (χ0n) is 10.1. The maximum absolute atomic E-state index is 12.0. The molecule has 1 aliphatic carbocycles. The first-order valence-corrected chi connectivity index (χ1v) is 6.89. The van der Waals surface area contributed by atoms with Gasteiger partial charge in [0, 0.05) is 0 Å². The number of carboxylic acid groups (broad SMARTS) is 1. The van der Waals surface area contributed by atoms with Gasteiger partial charge in [-0.05, 0) is 24.6 Å². The highest BCUT2D eigenvalue weighted by atomic mass is 32.1. The van der Waals surface area contributed by atoms with Crippen LogP contribution in [0.3, 0.4) is 0 Å². The summed E-state index contributed by atoms with van der Waals surface area (Å²) in [6.07, 6.45) is 0.655. The molecular weight excluding hydrogens is 280 g/mol. The van der Waals surface area contributed by atoms with Crippen molar-refractivity contribution in [1.29, 1.82) is 0 Å². The molecule has 1 aliphatic heterocycles. The lowest BCUT2D eigenvalue weighted by Gasteiger charge is -2.11. The third-order valence-corrected chi connectivity index (χ3v) is 4.68. The minimum absolute atomic E-state index is 0.162. The molecular formula is C13H8N2O4S. The minimum Gasteiger partial charge on any atom is -0.478 e. The third-order valence-electron chi connectivity index (χ3n) is 3.68. The lowest BCUT2D eigenvalue weighted by molar-refractivity contribution is -0.123. The second-order valence-electron chi connectivity index (χ2n) is 4.94. The Hall–Kier alpha value is -2.28. The van der Waals surface area contributed by atoms with E-state index in [-0.39, 0.29) is 29.2 Å². The summed E-state index contributed by atoms with van der Waals surface area (Å²) in [5.41, 5.74) is 0.755. The average molecular weight is 288 g/mol. The number of carbonyl (C=O) groups is 3. The average Bonchev–Trinajstić information content (AvgIpc) is 3.04.